The van der Waals surface area contributed by atoms with Crippen molar-refractivity contribution in [2.45, 2.75) is 45.4 Å². The fourth-order valence-corrected chi connectivity index (χ4v) is 5.49. The summed E-state index contributed by atoms with van der Waals surface area (Å²) in [5.41, 5.74) is 11.2. The van der Waals surface area contributed by atoms with Gasteiger partial charge in [-0.05, 0) is 86.0 Å². The van der Waals surface area contributed by atoms with E-state index in [0.717, 1.165) is 11.4 Å². The van der Waals surface area contributed by atoms with Crippen molar-refractivity contribution in [3.63, 3.8) is 0 Å². The van der Waals surface area contributed by atoms with E-state index in [4.69, 9.17) is 0 Å². The van der Waals surface area contributed by atoms with Crippen molar-refractivity contribution in [2.75, 3.05) is 5.32 Å². The van der Waals surface area contributed by atoms with E-state index in [0.29, 0.717) is 0 Å². The molecule has 0 saturated heterocycles. The molecule has 0 aliphatic carbocycles. The number of benzene rings is 5. The number of anilines is 2. The van der Waals surface area contributed by atoms with Crippen LogP contribution in [0.15, 0.2) is 103 Å². The van der Waals surface area contributed by atoms with E-state index in [2.05, 4.69) is 143 Å². The maximum Gasteiger partial charge on any atom is 0.0464 e. The summed E-state index contributed by atoms with van der Waals surface area (Å²) >= 11 is 0. The molecule has 0 fully saturated rings. The van der Waals surface area contributed by atoms with E-state index in [9.17, 15) is 0 Å². The zero-order valence-corrected chi connectivity index (χ0v) is 21.8. The van der Waals surface area contributed by atoms with E-state index in [1.165, 1.54) is 49.7 Å². The molecular formula is C35H33N. The van der Waals surface area contributed by atoms with Crippen molar-refractivity contribution in [3.8, 4) is 22.3 Å². The van der Waals surface area contributed by atoms with Gasteiger partial charge in [0, 0.05) is 22.4 Å². The summed E-state index contributed by atoms with van der Waals surface area (Å²) in [5.74, 6) is 0. The molecule has 178 valence electrons. The van der Waals surface area contributed by atoms with Crippen LogP contribution < -0.4 is 5.32 Å². The summed E-state index contributed by atoms with van der Waals surface area (Å²) < 4.78 is 0. The van der Waals surface area contributed by atoms with Crippen LogP contribution in [0.25, 0.3) is 33.0 Å². The number of fused-ring (bicyclic) bond motifs is 5. The Morgan fingerprint density at radius 3 is 2.14 bits per heavy atom. The van der Waals surface area contributed by atoms with E-state index in [1.807, 2.05) is 0 Å². The lowest BCUT2D eigenvalue weighted by molar-refractivity contribution is 0.590. The lowest BCUT2D eigenvalue weighted by Crippen LogP contribution is -2.19. The van der Waals surface area contributed by atoms with Gasteiger partial charge in [0.1, 0.15) is 0 Å². The fourth-order valence-electron chi connectivity index (χ4n) is 5.49. The van der Waals surface area contributed by atoms with E-state index >= 15 is 0 Å². The summed E-state index contributed by atoms with van der Waals surface area (Å²) in [5, 5.41) is 6.36. The molecule has 1 heterocycles. The van der Waals surface area contributed by atoms with Crippen LogP contribution in [0.3, 0.4) is 0 Å². The second-order valence-electron chi connectivity index (χ2n) is 11.6. The highest BCUT2D eigenvalue weighted by molar-refractivity contribution is 6.07. The van der Waals surface area contributed by atoms with Crippen molar-refractivity contribution < 1.29 is 0 Å². The van der Waals surface area contributed by atoms with Crippen LogP contribution in [0, 0.1) is 0 Å². The van der Waals surface area contributed by atoms with Crippen molar-refractivity contribution in [1.29, 1.82) is 0 Å². The van der Waals surface area contributed by atoms with Gasteiger partial charge in [-0.2, -0.15) is 0 Å². The Morgan fingerprint density at radius 1 is 0.583 bits per heavy atom. The Bertz CT molecular complexity index is 1600. The molecule has 0 atom stereocenters. The van der Waals surface area contributed by atoms with Crippen LogP contribution in [-0.4, -0.2) is 0 Å². The van der Waals surface area contributed by atoms with Crippen molar-refractivity contribution in [3.05, 3.63) is 120 Å². The number of rotatable bonds is 1. The first-order chi connectivity index (χ1) is 17.2. The second kappa shape index (κ2) is 8.10. The maximum atomic E-state index is 3.77. The molecule has 0 aromatic heterocycles. The molecule has 4 bridgehead atoms. The lowest BCUT2D eigenvalue weighted by Gasteiger charge is -2.28. The van der Waals surface area contributed by atoms with Gasteiger partial charge >= 0.3 is 0 Å². The molecule has 1 heteroatoms. The van der Waals surface area contributed by atoms with Crippen LogP contribution in [0.4, 0.5) is 11.4 Å². The van der Waals surface area contributed by atoms with Gasteiger partial charge in [0.2, 0.25) is 0 Å². The molecule has 36 heavy (non-hydrogen) atoms. The normalized spacial score (nSPS) is 14.1. The number of hydrogen-bond acceptors (Lipinski definition) is 1. The van der Waals surface area contributed by atoms with Gasteiger partial charge < -0.3 is 5.32 Å². The average molecular weight is 468 g/mol. The van der Waals surface area contributed by atoms with Crippen molar-refractivity contribution in [1.82, 2.24) is 0 Å². The molecule has 6 rings (SSSR count). The number of nitrogens with one attached hydrogen (secondary N) is 1. The first-order valence-corrected chi connectivity index (χ1v) is 12.9. The largest absolute Gasteiger partial charge is 0.355 e. The molecule has 0 saturated carbocycles. The minimum absolute atomic E-state index is 0.0636. The van der Waals surface area contributed by atoms with Gasteiger partial charge in [-0.15, -0.1) is 0 Å². The summed E-state index contributed by atoms with van der Waals surface area (Å²) in [4.78, 5) is 0. The van der Waals surface area contributed by atoms with Gasteiger partial charge in [-0.1, -0.05) is 101 Å². The maximum absolute atomic E-state index is 3.77. The predicted molar refractivity (Wildman–Crippen MR) is 155 cm³/mol. The SMILES string of the molecule is CC(C)(C)c1ccc2c(c1)-c1cccc3c(-c4ccccc4)cc(cc13)C(C)(C)c1cccc(c1)N2. The van der Waals surface area contributed by atoms with Gasteiger partial charge in [0.05, 0.1) is 0 Å². The van der Waals surface area contributed by atoms with Gasteiger partial charge in [-0.3, -0.25) is 0 Å². The van der Waals surface area contributed by atoms with E-state index in [1.54, 1.807) is 0 Å². The zero-order valence-electron chi connectivity index (χ0n) is 21.8. The third-order valence-electron chi connectivity index (χ3n) is 7.84. The Balaban J connectivity index is 1.77. The summed E-state index contributed by atoms with van der Waals surface area (Å²) in [6, 6.07) is 38.2. The summed E-state index contributed by atoms with van der Waals surface area (Å²) in [6.07, 6.45) is 0. The smallest absolute Gasteiger partial charge is 0.0464 e. The van der Waals surface area contributed by atoms with Crippen molar-refractivity contribution >= 4 is 22.1 Å². The topological polar surface area (TPSA) is 12.0 Å². The first kappa shape index (κ1) is 22.6. The average Bonchev–Trinajstić information content (AvgIpc) is 2.88. The van der Waals surface area contributed by atoms with Gasteiger partial charge in [0.25, 0.3) is 0 Å². The first-order valence-electron chi connectivity index (χ1n) is 12.9. The van der Waals surface area contributed by atoms with Crippen LogP contribution in [0.2, 0.25) is 0 Å². The Kier molecular flexibility index (Phi) is 5.09. The van der Waals surface area contributed by atoms with Gasteiger partial charge in [0.15, 0.2) is 0 Å². The molecule has 5 aromatic rings. The molecular weight excluding hydrogens is 434 g/mol. The highest BCUT2D eigenvalue weighted by Crippen LogP contribution is 2.44. The molecule has 1 aliphatic rings. The fraction of sp³-hybridized carbons (Fsp3) is 0.200. The molecule has 1 aliphatic heterocycles. The van der Waals surface area contributed by atoms with Crippen LogP contribution in [0.1, 0.15) is 51.3 Å². The standard InChI is InChI=1S/C35H33N/c1-34(2,3)24-17-18-33-32(20-24)29-16-10-15-28-30(23-11-7-6-8-12-23)21-26(22-31(28)29)35(4,5)25-13-9-14-27(19-25)36-33/h6-22,36H,1-5H3. The van der Waals surface area contributed by atoms with Crippen LogP contribution in [0.5, 0.6) is 0 Å². The summed E-state index contributed by atoms with van der Waals surface area (Å²) in [7, 11) is 0. The lowest BCUT2D eigenvalue weighted by atomic mass is 9.76. The van der Waals surface area contributed by atoms with E-state index in [-0.39, 0.29) is 10.8 Å². The third kappa shape index (κ3) is 3.71. The highest BCUT2D eigenvalue weighted by Gasteiger charge is 2.27. The molecule has 0 radical (unpaired) electrons. The molecule has 1 nitrogen and oxygen atoms in total. The van der Waals surface area contributed by atoms with Gasteiger partial charge in [-0.25, -0.2) is 0 Å². The quantitative estimate of drug-likeness (QED) is 0.259. The van der Waals surface area contributed by atoms with Crippen LogP contribution in [-0.2, 0) is 10.8 Å². The molecule has 1 N–H and O–H groups in total. The van der Waals surface area contributed by atoms with E-state index < -0.39 is 0 Å². The Labute approximate surface area is 214 Å². The van der Waals surface area contributed by atoms with Crippen molar-refractivity contribution in [2.24, 2.45) is 0 Å². The monoisotopic (exact) mass is 467 g/mol. The Morgan fingerprint density at radius 2 is 1.36 bits per heavy atom. The minimum Gasteiger partial charge on any atom is -0.355 e. The predicted octanol–water partition coefficient (Wildman–Crippen LogP) is 9.85. The van der Waals surface area contributed by atoms with Crippen LogP contribution >= 0.6 is 0 Å². The number of hydrogen-bond donors (Lipinski definition) is 1. The third-order valence-corrected chi connectivity index (χ3v) is 7.84. The summed E-state index contributed by atoms with van der Waals surface area (Å²) in [6.45, 7) is 11.5. The molecule has 0 amide bonds. The molecule has 0 unspecified atom stereocenters. The minimum atomic E-state index is -0.157. The second-order valence-corrected chi connectivity index (χ2v) is 11.6. The molecule has 0 spiro atoms. The molecule has 5 aromatic carbocycles. The Hall–Kier alpha value is -3.84. The highest BCUT2D eigenvalue weighted by atomic mass is 14.9. The zero-order chi connectivity index (χ0) is 25.1.